The molecule has 0 amide bonds. The van der Waals surface area contributed by atoms with Gasteiger partial charge in [0, 0.05) is 12.3 Å². The van der Waals surface area contributed by atoms with Gasteiger partial charge in [0.05, 0.1) is 12.6 Å². The van der Waals surface area contributed by atoms with Crippen molar-refractivity contribution in [2.24, 2.45) is 4.99 Å². The Morgan fingerprint density at radius 2 is 2.64 bits per heavy atom. The van der Waals surface area contributed by atoms with Gasteiger partial charge in [0.2, 0.25) is 0 Å². The monoisotopic (exact) mass is 174 g/mol. The van der Waals surface area contributed by atoms with Crippen molar-refractivity contribution in [3.8, 4) is 0 Å². The van der Waals surface area contributed by atoms with E-state index in [1.807, 2.05) is 6.92 Å². The molecule has 4 heteroatoms. The molecule has 1 atom stereocenters. The number of aliphatic imine (C=N–C) groups is 1. The number of aliphatic hydroxyl groups excluding tert-OH is 1. The van der Waals surface area contributed by atoms with Crippen LogP contribution in [0.5, 0.6) is 0 Å². The van der Waals surface area contributed by atoms with Crippen LogP contribution in [0, 0.1) is 0 Å². The van der Waals surface area contributed by atoms with Gasteiger partial charge in [-0.25, -0.2) is 0 Å². The molecule has 1 rings (SSSR count). The molecule has 0 spiro atoms. The summed E-state index contributed by atoms with van der Waals surface area (Å²) >= 11 is 1.69. The topological polar surface area (TPSA) is 44.6 Å². The van der Waals surface area contributed by atoms with Crippen molar-refractivity contribution in [3.63, 3.8) is 0 Å². The van der Waals surface area contributed by atoms with Crippen molar-refractivity contribution in [3.05, 3.63) is 0 Å². The van der Waals surface area contributed by atoms with E-state index >= 15 is 0 Å². The second kappa shape index (κ2) is 4.62. The van der Waals surface area contributed by atoms with E-state index in [1.165, 1.54) is 0 Å². The normalized spacial score (nSPS) is 19.3. The lowest BCUT2D eigenvalue weighted by Gasteiger charge is -2.03. The number of aliphatic hydroxyl groups is 1. The van der Waals surface area contributed by atoms with Gasteiger partial charge in [0.25, 0.3) is 0 Å². The summed E-state index contributed by atoms with van der Waals surface area (Å²) in [5.41, 5.74) is 0. The molecule has 1 heterocycles. The van der Waals surface area contributed by atoms with Gasteiger partial charge in [0.1, 0.15) is 0 Å². The molecule has 0 aromatic rings. The number of rotatable bonds is 3. The molecule has 1 aliphatic rings. The minimum Gasteiger partial charge on any atom is -0.393 e. The van der Waals surface area contributed by atoms with Crippen molar-refractivity contribution in [2.45, 2.75) is 19.4 Å². The zero-order valence-electron chi connectivity index (χ0n) is 6.71. The van der Waals surface area contributed by atoms with Crippen LogP contribution in [-0.2, 0) is 0 Å². The minimum absolute atomic E-state index is 0.190. The Bertz CT molecular complexity index is 147. The molecule has 11 heavy (non-hydrogen) atoms. The van der Waals surface area contributed by atoms with Gasteiger partial charge in [0.15, 0.2) is 5.17 Å². The van der Waals surface area contributed by atoms with Crippen molar-refractivity contribution in [1.29, 1.82) is 0 Å². The van der Waals surface area contributed by atoms with Crippen LogP contribution in [0.25, 0.3) is 0 Å². The second-order valence-electron chi connectivity index (χ2n) is 2.60. The van der Waals surface area contributed by atoms with Crippen molar-refractivity contribution in [1.82, 2.24) is 5.32 Å². The van der Waals surface area contributed by atoms with E-state index < -0.39 is 0 Å². The van der Waals surface area contributed by atoms with Gasteiger partial charge in [-0.15, -0.1) is 0 Å². The van der Waals surface area contributed by atoms with Crippen molar-refractivity contribution < 1.29 is 5.11 Å². The Hall–Kier alpha value is -0.220. The van der Waals surface area contributed by atoms with Gasteiger partial charge in [-0.1, -0.05) is 11.8 Å². The summed E-state index contributed by atoms with van der Waals surface area (Å²) in [5.74, 6) is 0.948. The third-order valence-electron chi connectivity index (χ3n) is 1.42. The highest BCUT2D eigenvalue weighted by Gasteiger charge is 2.05. The van der Waals surface area contributed by atoms with E-state index in [4.69, 9.17) is 5.11 Å². The summed E-state index contributed by atoms with van der Waals surface area (Å²) < 4.78 is 0. The van der Waals surface area contributed by atoms with E-state index in [9.17, 15) is 0 Å². The molecule has 64 valence electrons. The van der Waals surface area contributed by atoms with Crippen molar-refractivity contribution >= 4 is 16.9 Å². The summed E-state index contributed by atoms with van der Waals surface area (Å²) in [6.07, 6.45) is 0.648. The average molecular weight is 174 g/mol. The smallest absolute Gasteiger partial charge is 0.156 e. The zero-order valence-corrected chi connectivity index (χ0v) is 7.52. The van der Waals surface area contributed by atoms with Gasteiger partial charge in [-0.2, -0.15) is 0 Å². The van der Waals surface area contributed by atoms with Crippen LogP contribution in [-0.4, -0.2) is 35.2 Å². The predicted molar refractivity (Wildman–Crippen MR) is 49.1 cm³/mol. The Balaban J connectivity index is 2.03. The first-order chi connectivity index (χ1) is 5.29. The number of amidine groups is 1. The molecular formula is C7H14N2OS. The molecule has 3 nitrogen and oxygen atoms in total. The molecule has 0 aromatic carbocycles. The van der Waals surface area contributed by atoms with E-state index in [-0.39, 0.29) is 6.10 Å². The van der Waals surface area contributed by atoms with Crippen molar-refractivity contribution in [2.75, 3.05) is 18.8 Å². The van der Waals surface area contributed by atoms with Crippen LogP contribution < -0.4 is 5.32 Å². The quantitative estimate of drug-likeness (QED) is 0.653. The number of thioether (sulfide) groups is 1. The first-order valence-electron chi connectivity index (χ1n) is 3.88. The van der Waals surface area contributed by atoms with E-state index in [0.717, 1.165) is 30.4 Å². The fraction of sp³-hybridized carbons (Fsp3) is 0.857. The van der Waals surface area contributed by atoms with Crippen LogP contribution in [0.4, 0.5) is 0 Å². The van der Waals surface area contributed by atoms with Gasteiger partial charge < -0.3 is 10.4 Å². The Labute approximate surface area is 71.3 Å². The maximum absolute atomic E-state index is 8.95. The molecule has 0 bridgehead atoms. The standard InChI is InChI=1S/C7H14N2OS/c1-6(10)2-5-11-7-8-3-4-9-7/h6,10H,2-5H2,1H3,(H,8,9). The fourth-order valence-electron chi connectivity index (χ4n) is 0.799. The predicted octanol–water partition coefficient (Wildman–Crippen LogP) is 0.450. The summed E-state index contributed by atoms with van der Waals surface area (Å²) in [6, 6.07) is 0. The third kappa shape index (κ3) is 3.62. The largest absolute Gasteiger partial charge is 0.393 e. The lowest BCUT2D eigenvalue weighted by molar-refractivity contribution is 0.192. The maximum atomic E-state index is 8.95. The molecule has 0 saturated heterocycles. The summed E-state index contributed by atoms with van der Waals surface area (Å²) in [6.45, 7) is 3.68. The maximum Gasteiger partial charge on any atom is 0.156 e. The molecule has 2 N–H and O–H groups in total. The third-order valence-corrected chi connectivity index (χ3v) is 2.40. The van der Waals surface area contributed by atoms with E-state index in [0.29, 0.717) is 0 Å². The van der Waals surface area contributed by atoms with Gasteiger partial charge in [-0.3, -0.25) is 4.99 Å². The SMILES string of the molecule is CC(O)CCSC1=NCCN1. The number of nitrogens with zero attached hydrogens (tertiary/aromatic N) is 1. The van der Waals surface area contributed by atoms with Crippen LogP contribution >= 0.6 is 11.8 Å². The van der Waals surface area contributed by atoms with Crippen LogP contribution in [0.1, 0.15) is 13.3 Å². The summed E-state index contributed by atoms with van der Waals surface area (Å²) in [7, 11) is 0. The highest BCUT2D eigenvalue weighted by Crippen LogP contribution is 2.08. The molecule has 0 saturated carbocycles. The number of hydrogen-bond donors (Lipinski definition) is 2. The van der Waals surface area contributed by atoms with E-state index in [1.54, 1.807) is 11.8 Å². The molecule has 1 aliphatic heterocycles. The van der Waals surface area contributed by atoms with Gasteiger partial charge in [-0.05, 0) is 13.3 Å². The molecule has 0 fully saturated rings. The highest BCUT2D eigenvalue weighted by molar-refractivity contribution is 8.13. The lowest BCUT2D eigenvalue weighted by atomic mass is 10.3. The fourth-order valence-corrected chi connectivity index (χ4v) is 1.84. The summed E-state index contributed by atoms with van der Waals surface area (Å²) in [5, 5.41) is 13.1. The molecule has 0 aromatic heterocycles. The first kappa shape index (κ1) is 8.87. The van der Waals surface area contributed by atoms with E-state index in [2.05, 4.69) is 10.3 Å². The molecular weight excluding hydrogens is 160 g/mol. The Kier molecular flexibility index (Phi) is 3.72. The first-order valence-corrected chi connectivity index (χ1v) is 4.87. The zero-order chi connectivity index (χ0) is 8.10. The second-order valence-corrected chi connectivity index (χ2v) is 3.68. The van der Waals surface area contributed by atoms with Gasteiger partial charge >= 0.3 is 0 Å². The number of nitrogens with one attached hydrogen (secondary N) is 1. The molecule has 1 unspecified atom stereocenters. The highest BCUT2D eigenvalue weighted by atomic mass is 32.2. The number of hydrogen-bond acceptors (Lipinski definition) is 4. The van der Waals surface area contributed by atoms with Crippen LogP contribution in [0.3, 0.4) is 0 Å². The molecule has 0 aliphatic carbocycles. The lowest BCUT2D eigenvalue weighted by Crippen LogP contribution is -2.16. The van der Waals surface area contributed by atoms with Crippen LogP contribution in [0.2, 0.25) is 0 Å². The average Bonchev–Trinajstić information content (AvgIpc) is 2.39. The molecule has 0 radical (unpaired) electrons. The van der Waals surface area contributed by atoms with Crippen LogP contribution in [0.15, 0.2) is 4.99 Å². The summed E-state index contributed by atoms with van der Waals surface area (Å²) in [4.78, 5) is 4.22. The minimum atomic E-state index is -0.190. The Morgan fingerprint density at radius 3 is 3.18 bits per heavy atom. The Morgan fingerprint density at radius 1 is 1.82 bits per heavy atom.